The van der Waals surface area contributed by atoms with Crippen molar-refractivity contribution in [1.29, 1.82) is 0 Å². The second-order valence-corrected chi connectivity index (χ2v) is 12.7. The monoisotopic (exact) mass is 421 g/mol. The number of nitrogens with two attached hydrogens (primary N) is 1. The Bertz CT molecular complexity index is 1080. The number of nitrogens with zero attached hydrogens (tertiary/aromatic N) is 2. The van der Waals surface area contributed by atoms with Crippen LogP contribution < -0.4 is 10.9 Å². The highest BCUT2D eigenvalue weighted by atomic mass is 28.4. The first kappa shape index (κ1) is 20.8. The molecular weight excluding hydrogens is 390 g/mol. The lowest BCUT2D eigenvalue weighted by molar-refractivity contribution is 0.0715. The third-order valence-electron chi connectivity index (χ3n) is 6.37. The van der Waals surface area contributed by atoms with E-state index in [4.69, 9.17) is 5.73 Å². The van der Waals surface area contributed by atoms with Gasteiger partial charge in [-0.15, -0.1) is 0 Å². The number of aryl methyl sites for hydroxylation is 1. The molecule has 4 rings (SSSR count). The average Bonchev–Trinajstić information content (AvgIpc) is 3.09. The molecule has 0 unspecified atom stereocenters. The molecule has 30 heavy (non-hydrogen) atoms. The van der Waals surface area contributed by atoms with Gasteiger partial charge in [-0.2, -0.15) is 0 Å². The number of hydrogen-bond donors (Lipinski definition) is 2. The molecule has 6 heteroatoms. The quantitative estimate of drug-likeness (QED) is 0.636. The molecule has 1 fully saturated rings. The molecule has 1 saturated heterocycles. The summed E-state index contributed by atoms with van der Waals surface area (Å²) >= 11 is 0. The number of benzene rings is 2. The number of likely N-dealkylation sites (tertiary alicyclic amines) is 1. The van der Waals surface area contributed by atoms with Gasteiger partial charge in [0, 0.05) is 43.8 Å². The molecule has 2 aromatic carbocycles. The van der Waals surface area contributed by atoms with Crippen LogP contribution in [-0.4, -0.2) is 41.6 Å². The van der Waals surface area contributed by atoms with Gasteiger partial charge in [-0.05, 0) is 54.2 Å². The number of amides is 1. The molecule has 0 saturated carbocycles. The summed E-state index contributed by atoms with van der Waals surface area (Å²) in [4.78, 5) is 25.7. The zero-order valence-electron chi connectivity index (χ0n) is 18.1. The highest BCUT2D eigenvalue weighted by molar-refractivity contribution is 6.83. The minimum absolute atomic E-state index is 0.100. The highest BCUT2D eigenvalue weighted by Gasteiger charge is 2.27. The molecule has 158 valence electrons. The molecule has 3 N–H and O–H groups in total. The standard InChI is InChI=1S/C24H31N3O2Si/c1-26-16-22(21-8-7-20(14-23(21)26)30(2,3)29)24(28)27-11-9-18(10-12-27)19-6-4-5-17(13-19)15-25/h4-8,13-14,16,18,29H,9-12,15,25H2,1-3H3. The van der Waals surface area contributed by atoms with E-state index in [1.807, 2.05) is 54.0 Å². The summed E-state index contributed by atoms with van der Waals surface area (Å²) in [7, 11) is -0.423. The van der Waals surface area contributed by atoms with E-state index in [1.54, 1.807) is 0 Å². The fraction of sp³-hybridized carbons (Fsp3) is 0.375. The number of carbonyl (C=O) groups is 1. The zero-order chi connectivity index (χ0) is 21.5. The van der Waals surface area contributed by atoms with E-state index in [0.717, 1.165) is 53.1 Å². The summed E-state index contributed by atoms with van der Waals surface area (Å²) in [5.41, 5.74) is 10.0. The summed E-state index contributed by atoms with van der Waals surface area (Å²) in [6.45, 7) is 5.92. The highest BCUT2D eigenvalue weighted by Crippen LogP contribution is 2.30. The van der Waals surface area contributed by atoms with Gasteiger partial charge in [-0.3, -0.25) is 4.79 Å². The van der Waals surface area contributed by atoms with Gasteiger partial charge in [0.1, 0.15) is 0 Å². The summed E-state index contributed by atoms with van der Waals surface area (Å²) < 4.78 is 2.00. The number of fused-ring (bicyclic) bond motifs is 1. The van der Waals surface area contributed by atoms with E-state index in [9.17, 15) is 9.59 Å². The van der Waals surface area contributed by atoms with E-state index in [1.165, 1.54) is 5.56 Å². The predicted molar refractivity (Wildman–Crippen MR) is 124 cm³/mol. The van der Waals surface area contributed by atoms with Crippen LogP contribution in [0.2, 0.25) is 13.1 Å². The Morgan fingerprint density at radius 3 is 2.57 bits per heavy atom. The minimum atomic E-state index is -2.39. The molecule has 3 aromatic rings. The van der Waals surface area contributed by atoms with Crippen LogP contribution in [0.3, 0.4) is 0 Å². The van der Waals surface area contributed by atoms with Crippen molar-refractivity contribution < 1.29 is 9.59 Å². The van der Waals surface area contributed by atoms with Crippen molar-refractivity contribution >= 4 is 30.3 Å². The lowest BCUT2D eigenvalue weighted by Gasteiger charge is -2.32. The van der Waals surface area contributed by atoms with Crippen molar-refractivity contribution in [3.63, 3.8) is 0 Å². The van der Waals surface area contributed by atoms with Crippen LogP contribution in [0.1, 0.15) is 40.2 Å². The van der Waals surface area contributed by atoms with Crippen LogP contribution in [0.4, 0.5) is 0 Å². The first-order chi connectivity index (χ1) is 14.3. The normalized spacial score (nSPS) is 15.7. The first-order valence-electron chi connectivity index (χ1n) is 10.7. The van der Waals surface area contributed by atoms with Crippen LogP contribution in [0.5, 0.6) is 0 Å². The first-order valence-corrected chi connectivity index (χ1v) is 13.6. The molecule has 0 atom stereocenters. The Kier molecular flexibility index (Phi) is 5.57. The number of piperidine rings is 1. The van der Waals surface area contributed by atoms with Crippen LogP contribution in [0.25, 0.3) is 10.9 Å². The molecular formula is C24H31N3O2Si. The van der Waals surface area contributed by atoms with Crippen LogP contribution in [0.15, 0.2) is 48.7 Å². The number of rotatable bonds is 4. The maximum atomic E-state index is 13.3. The largest absolute Gasteiger partial charge is 0.428 e. The predicted octanol–water partition coefficient (Wildman–Crippen LogP) is 3.06. The molecule has 1 aliphatic rings. The van der Waals surface area contributed by atoms with Gasteiger partial charge in [0.25, 0.3) is 5.91 Å². The lowest BCUT2D eigenvalue weighted by Crippen LogP contribution is -2.41. The second-order valence-electron chi connectivity index (χ2n) is 8.96. The van der Waals surface area contributed by atoms with Crippen LogP contribution in [0, 0.1) is 0 Å². The van der Waals surface area contributed by atoms with Gasteiger partial charge in [-0.25, -0.2) is 0 Å². The molecule has 5 nitrogen and oxygen atoms in total. The van der Waals surface area contributed by atoms with E-state index < -0.39 is 8.32 Å². The van der Waals surface area contributed by atoms with Gasteiger partial charge in [0.05, 0.1) is 5.56 Å². The molecule has 1 amide bonds. The topological polar surface area (TPSA) is 71.5 Å². The molecule has 1 aromatic heterocycles. The molecule has 2 heterocycles. The Morgan fingerprint density at radius 1 is 1.17 bits per heavy atom. The third-order valence-corrected chi connectivity index (χ3v) is 8.09. The lowest BCUT2D eigenvalue weighted by atomic mass is 9.88. The van der Waals surface area contributed by atoms with Gasteiger partial charge >= 0.3 is 0 Å². The van der Waals surface area contributed by atoms with Gasteiger partial charge in [-0.1, -0.05) is 36.4 Å². The van der Waals surface area contributed by atoms with Crippen molar-refractivity contribution in [2.45, 2.75) is 38.4 Å². The molecule has 0 radical (unpaired) electrons. The van der Waals surface area contributed by atoms with Gasteiger partial charge < -0.3 is 20.0 Å². The average molecular weight is 422 g/mol. The van der Waals surface area contributed by atoms with Gasteiger partial charge in [0.15, 0.2) is 0 Å². The van der Waals surface area contributed by atoms with Crippen LogP contribution >= 0.6 is 0 Å². The van der Waals surface area contributed by atoms with Crippen molar-refractivity contribution in [3.05, 3.63) is 65.4 Å². The number of carbonyl (C=O) groups excluding carboxylic acids is 1. The fourth-order valence-corrected chi connectivity index (χ4v) is 5.48. The Hall–Kier alpha value is -2.41. The Labute approximate surface area is 179 Å². The Morgan fingerprint density at radius 2 is 1.90 bits per heavy atom. The maximum Gasteiger partial charge on any atom is 0.256 e. The maximum absolute atomic E-state index is 13.3. The summed E-state index contributed by atoms with van der Waals surface area (Å²) in [6.07, 6.45) is 3.87. The van der Waals surface area contributed by atoms with E-state index >= 15 is 0 Å². The molecule has 0 spiro atoms. The fourth-order valence-electron chi connectivity index (χ4n) is 4.50. The SMILES string of the molecule is Cn1cc(C(=O)N2CCC(c3cccc(CN)c3)CC2)c2ccc([Si](C)(C)O)cc21. The van der Waals surface area contributed by atoms with E-state index in [0.29, 0.717) is 12.5 Å². The van der Waals surface area contributed by atoms with Gasteiger partial charge in [0.2, 0.25) is 8.32 Å². The Balaban J connectivity index is 1.52. The van der Waals surface area contributed by atoms with E-state index in [-0.39, 0.29) is 5.91 Å². The zero-order valence-corrected chi connectivity index (χ0v) is 19.1. The van der Waals surface area contributed by atoms with Crippen molar-refractivity contribution in [1.82, 2.24) is 9.47 Å². The summed E-state index contributed by atoms with van der Waals surface area (Å²) in [6, 6.07) is 14.5. The van der Waals surface area contributed by atoms with E-state index in [2.05, 4.69) is 24.3 Å². The molecule has 1 aliphatic heterocycles. The van der Waals surface area contributed by atoms with Crippen LogP contribution in [-0.2, 0) is 13.6 Å². The van der Waals surface area contributed by atoms with Crippen molar-refractivity contribution in [3.8, 4) is 0 Å². The van der Waals surface area contributed by atoms with Crippen molar-refractivity contribution in [2.75, 3.05) is 13.1 Å². The van der Waals surface area contributed by atoms with Crippen molar-refractivity contribution in [2.24, 2.45) is 12.8 Å². The minimum Gasteiger partial charge on any atom is -0.428 e. The molecule has 0 aliphatic carbocycles. The number of hydrogen-bond acceptors (Lipinski definition) is 3. The number of aromatic nitrogens is 1. The summed E-state index contributed by atoms with van der Waals surface area (Å²) in [5.74, 6) is 0.579. The summed E-state index contributed by atoms with van der Waals surface area (Å²) in [5, 5.41) is 1.94. The molecule has 0 bridgehead atoms. The third kappa shape index (κ3) is 3.95. The second kappa shape index (κ2) is 8.02. The smallest absolute Gasteiger partial charge is 0.256 e.